The van der Waals surface area contributed by atoms with Gasteiger partial charge in [-0.3, -0.25) is 4.90 Å². The summed E-state index contributed by atoms with van der Waals surface area (Å²) < 4.78 is 7.15. The van der Waals surface area contributed by atoms with Crippen LogP contribution in [0.5, 0.6) is 5.75 Å². The van der Waals surface area contributed by atoms with Crippen molar-refractivity contribution in [2.24, 2.45) is 0 Å². The Bertz CT molecular complexity index is 1160. The third kappa shape index (κ3) is 5.23. The molecule has 0 unspecified atom stereocenters. The van der Waals surface area contributed by atoms with E-state index in [2.05, 4.69) is 50.5 Å². The summed E-state index contributed by atoms with van der Waals surface area (Å²) in [5.74, 6) is 0.931. The summed E-state index contributed by atoms with van der Waals surface area (Å²) in [6.07, 6.45) is 7.33. The molecule has 0 bridgehead atoms. The molecule has 6 nitrogen and oxygen atoms in total. The van der Waals surface area contributed by atoms with E-state index < -0.39 is 0 Å². The first kappa shape index (κ1) is 20.8. The summed E-state index contributed by atoms with van der Waals surface area (Å²) in [5.41, 5.74) is 4.16. The van der Waals surface area contributed by atoms with Gasteiger partial charge in [0.2, 0.25) is 0 Å². The molecule has 0 atom stereocenters. The number of thiazole rings is 1. The summed E-state index contributed by atoms with van der Waals surface area (Å²) in [7, 11) is 0. The Balaban J connectivity index is 1.18. The molecule has 0 amide bonds. The third-order valence-electron chi connectivity index (χ3n) is 5.73. The predicted octanol–water partition coefficient (Wildman–Crippen LogP) is 5.23. The van der Waals surface area contributed by atoms with Gasteiger partial charge in [0, 0.05) is 24.8 Å². The Hall–Kier alpha value is -3.03. The van der Waals surface area contributed by atoms with Crippen molar-refractivity contribution in [1.29, 1.82) is 0 Å². The summed E-state index contributed by atoms with van der Waals surface area (Å²) in [6.45, 7) is 4.86. The monoisotopic (exact) mass is 445 g/mol. The van der Waals surface area contributed by atoms with Gasteiger partial charge in [-0.15, -0.1) is 0 Å². The number of hydrogen-bond acceptors (Lipinski definition) is 7. The van der Waals surface area contributed by atoms with Gasteiger partial charge in [0.25, 0.3) is 0 Å². The maximum Gasteiger partial charge on any atom is 0.184 e. The fourth-order valence-corrected chi connectivity index (χ4v) is 4.92. The van der Waals surface area contributed by atoms with Crippen LogP contribution in [0.3, 0.4) is 0 Å². The number of ether oxygens (including phenoxy) is 1. The Labute approximate surface area is 192 Å². The standard InChI is InChI=1S/C25H27N5OS/c1-2-11-30(12-3-1)13-14-31-21-6-4-5-19(15-21)17-27-25-29-23-8-7-20(16-24(23)32-25)22-9-10-26-18-28-22/h4-10,15-16,18H,1-3,11-14,17H2,(H,27,29). The van der Waals surface area contributed by atoms with Crippen molar-refractivity contribution in [2.75, 3.05) is 31.6 Å². The van der Waals surface area contributed by atoms with Gasteiger partial charge in [-0.05, 0) is 61.8 Å². The van der Waals surface area contributed by atoms with Crippen molar-refractivity contribution >= 4 is 26.7 Å². The van der Waals surface area contributed by atoms with Gasteiger partial charge < -0.3 is 10.1 Å². The molecule has 1 fully saturated rings. The Morgan fingerprint density at radius 3 is 2.84 bits per heavy atom. The number of likely N-dealkylation sites (tertiary alicyclic amines) is 1. The van der Waals surface area contributed by atoms with Crippen LogP contribution in [0.4, 0.5) is 5.13 Å². The highest BCUT2D eigenvalue weighted by Crippen LogP contribution is 2.30. The van der Waals surface area contributed by atoms with Crippen LogP contribution in [0.25, 0.3) is 21.5 Å². The molecule has 3 heterocycles. The lowest BCUT2D eigenvalue weighted by Gasteiger charge is -2.26. The number of fused-ring (bicyclic) bond motifs is 1. The Morgan fingerprint density at radius 1 is 1.03 bits per heavy atom. The van der Waals surface area contributed by atoms with Crippen LogP contribution in [-0.4, -0.2) is 46.1 Å². The van der Waals surface area contributed by atoms with E-state index in [-0.39, 0.29) is 0 Å². The Kier molecular flexibility index (Phi) is 6.55. The molecule has 164 valence electrons. The lowest BCUT2D eigenvalue weighted by Crippen LogP contribution is -2.33. The molecular formula is C25H27N5OS. The minimum Gasteiger partial charge on any atom is -0.492 e. The first-order valence-corrected chi connectivity index (χ1v) is 12.0. The second kappa shape index (κ2) is 10.1. The molecule has 7 heteroatoms. The van der Waals surface area contributed by atoms with Crippen molar-refractivity contribution in [1.82, 2.24) is 19.9 Å². The molecule has 1 aliphatic heterocycles. The fourth-order valence-electron chi connectivity index (χ4n) is 4.02. The van der Waals surface area contributed by atoms with Gasteiger partial charge >= 0.3 is 0 Å². The van der Waals surface area contributed by atoms with E-state index >= 15 is 0 Å². The molecule has 1 saturated heterocycles. The van der Waals surface area contributed by atoms with Crippen molar-refractivity contribution < 1.29 is 4.74 Å². The average Bonchev–Trinajstić information content (AvgIpc) is 3.27. The fraction of sp³-hybridized carbons (Fsp3) is 0.320. The van der Waals surface area contributed by atoms with Crippen molar-refractivity contribution in [2.45, 2.75) is 25.8 Å². The van der Waals surface area contributed by atoms with Gasteiger partial charge in [-0.2, -0.15) is 0 Å². The van der Waals surface area contributed by atoms with Crippen LogP contribution < -0.4 is 10.1 Å². The number of benzene rings is 2. The van der Waals surface area contributed by atoms with E-state index in [1.807, 2.05) is 18.2 Å². The van der Waals surface area contributed by atoms with E-state index in [9.17, 15) is 0 Å². The molecule has 0 spiro atoms. The van der Waals surface area contributed by atoms with E-state index in [0.29, 0.717) is 6.54 Å². The zero-order valence-corrected chi connectivity index (χ0v) is 18.9. The highest BCUT2D eigenvalue weighted by Gasteiger charge is 2.10. The van der Waals surface area contributed by atoms with Crippen molar-refractivity contribution in [3.05, 3.63) is 66.6 Å². The van der Waals surface area contributed by atoms with Crippen molar-refractivity contribution in [3.8, 4) is 17.0 Å². The summed E-state index contributed by atoms with van der Waals surface area (Å²) in [6, 6.07) is 16.5. The zero-order chi connectivity index (χ0) is 21.6. The van der Waals surface area contributed by atoms with Crippen LogP contribution in [0.15, 0.2) is 61.1 Å². The number of aromatic nitrogens is 3. The number of nitrogens with one attached hydrogen (secondary N) is 1. The zero-order valence-electron chi connectivity index (χ0n) is 18.0. The predicted molar refractivity (Wildman–Crippen MR) is 130 cm³/mol. The smallest absolute Gasteiger partial charge is 0.184 e. The molecule has 32 heavy (non-hydrogen) atoms. The van der Waals surface area contributed by atoms with Gasteiger partial charge in [0.15, 0.2) is 5.13 Å². The first-order valence-electron chi connectivity index (χ1n) is 11.2. The minimum absolute atomic E-state index is 0.710. The highest BCUT2D eigenvalue weighted by atomic mass is 32.1. The molecule has 1 aliphatic rings. The third-order valence-corrected chi connectivity index (χ3v) is 6.71. The summed E-state index contributed by atoms with van der Waals surface area (Å²) in [5, 5.41) is 4.38. The molecule has 0 saturated carbocycles. The highest BCUT2D eigenvalue weighted by molar-refractivity contribution is 7.22. The maximum atomic E-state index is 6.01. The number of anilines is 1. The second-order valence-electron chi connectivity index (χ2n) is 8.05. The molecule has 1 N–H and O–H groups in total. The second-order valence-corrected chi connectivity index (χ2v) is 9.08. The topological polar surface area (TPSA) is 63.2 Å². The molecule has 2 aromatic carbocycles. The molecular weight excluding hydrogens is 418 g/mol. The van der Waals surface area contributed by atoms with E-state index in [4.69, 9.17) is 9.72 Å². The van der Waals surface area contributed by atoms with E-state index in [1.54, 1.807) is 23.9 Å². The molecule has 4 aromatic rings. The molecule has 5 rings (SSSR count). The number of hydrogen-bond donors (Lipinski definition) is 1. The van der Waals surface area contributed by atoms with E-state index in [0.717, 1.165) is 45.5 Å². The molecule has 2 aromatic heterocycles. The normalized spacial score (nSPS) is 14.5. The lowest BCUT2D eigenvalue weighted by atomic mass is 10.1. The minimum atomic E-state index is 0.710. The van der Waals surface area contributed by atoms with Crippen LogP contribution in [-0.2, 0) is 6.54 Å². The quantitative estimate of drug-likeness (QED) is 0.401. The molecule has 0 aliphatic carbocycles. The largest absolute Gasteiger partial charge is 0.492 e. The summed E-state index contributed by atoms with van der Waals surface area (Å²) >= 11 is 1.66. The van der Waals surface area contributed by atoms with Crippen molar-refractivity contribution in [3.63, 3.8) is 0 Å². The van der Waals surface area contributed by atoms with Crippen LogP contribution >= 0.6 is 11.3 Å². The van der Waals surface area contributed by atoms with Crippen LogP contribution in [0, 0.1) is 0 Å². The average molecular weight is 446 g/mol. The number of piperidine rings is 1. The molecule has 0 radical (unpaired) electrons. The van der Waals surface area contributed by atoms with Gasteiger partial charge in [0.05, 0.1) is 15.9 Å². The maximum absolute atomic E-state index is 6.01. The number of nitrogens with zero attached hydrogens (tertiary/aromatic N) is 4. The first-order chi connectivity index (χ1) is 15.8. The Morgan fingerprint density at radius 2 is 1.97 bits per heavy atom. The summed E-state index contributed by atoms with van der Waals surface area (Å²) in [4.78, 5) is 15.6. The van der Waals surface area contributed by atoms with Crippen LogP contribution in [0.1, 0.15) is 24.8 Å². The van der Waals surface area contributed by atoms with Gasteiger partial charge in [-0.25, -0.2) is 15.0 Å². The van der Waals surface area contributed by atoms with E-state index in [1.165, 1.54) is 37.9 Å². The van der Waals surface area contributed by atoms with Gasteiger partial charge in [0.1, 0.15) is 18.7 Å². The van der Waals surface area contributed by atoms with Gasteiger partial charge in [-0.1, -0.05) is 36.0 Å². The lowest BCUT2D eigenvalue weighted by molar-refractivity contribution is 0.183. The number of rotatable bonds is 8. The SMILES string of the molecule is c1cc(CNc2nc3ccc(-c4ccncn4)cc3s2)cc(OCCN2CCCCC2)c1. The van der Waals surface area contributed by atoms with Crippen LogP contribution in [0.2, 0.25) is 0 Å².